The van der Waals surface area contributed by atoms with E-state index in [1.165, 1.54) is 10.6 Å². The predicted octanol–water partition coefficient (Wildman–Crippen LogP) is 0.782. The quantitative estimate of drug-likeness (QED) is 0.747. The average molecular weight is 312 g/mol. The van der Waals surface area contributed by atoms with Gasteiger partial charge in [-0.1, -0.05) is 12.1 Å². The van der Waals surface area contributed by atoms with Gasteiger partial charge in [0.1, 0.15) is 11.9 Å². The van der Waals surface area contributed by atoms with Crippen molar-refractivity contribution in [1.29, 1.82) is 0 Å². The fraction of sp³-hybridized carbons (Fsp3) is 0.250. The second kappa shape index (κ2) is 5.44. The predicted molar refractivity (Wildman–Crippen MR) is 84.8 cm³/mol. The van der Waals surface area contributed by atoms with Gasteiger partial charge in [-0.3, -0.25) is 9.89 Å². The molecule has 3 heterocycles. The van der Waals surface area contributed by atoms with Gasteiger partial charge in [-0.05, 0) is 12.1 Å². The maximum absolute atomic E-state index is 12.1. The molecule has 1 aliphatic heterocycles. The molecule has 0 radical (unpaired) electrons. The zero-order valence-electron chi connectivity index (χ0n) is 12.3. The van der Waals surface area contributed by atoms with Crippen LogP contribution in [0.25, 0.3) is 5.65 Å². The van der Waals surface area contributed by atoms with Crippen molar-refractivity contribution in [3.63, 3.8) is 0 Å². The van der Waals surface area contributed by atoms with Crippen LogP contribution in [-0.4, -0.2) is 39.0 Å². The number of hydrogen-bond donors (Lipinski definition) is 2. The van der Waals surface area contributed by atoms with Crippen molar-refractivity contribution in [3.05, 3.63) is 58.6 Å². The van der Waals surface area contributed by atoms with Gasteiger partial charge in [0.05, 0.1) is 31.1 Å². The number of anilines is 1. The number of fused-ring (bicyclic) bond motifs is 2. The lowest BCUT2D eigenvalue weighted by molar-refractivity contribution is 0.112. The van der Waals surface area contributed by atoms with E-state index < -0.39 is 0 Å². The molecule has 0 aliphatic carbocycles. The first-order valence-electron chi connectivity index (χ1n) is 7.42. The topological polar surface area (TPSA) is 82.9 Å². The lowest BCUT2D eigenvalue weighted by Crippen LogP contribution is -2.41. The third-order valence-corrected chi connectivity index (χ3v) is 3.91. The Morgan fingerprint density at radius 3 is 3.09 bits per heavy atom. The molecule has 2 aromatic heterocycles. The molecule has 0 saturated heterocycles. The van der Waals surface area contributed by atoms with Crippen molar-refractivity contribution in [2.24, 2.45) is 0 Å². The first kappa shape index (κ1) is 13.8. The smallest absolute Gasteiger partial charge is 0.272 e. The number of para-hydroxylation sites is 2. The van der Waals surface area contributed by atoms with Gasteiger partial charge in [0, 0.05) is 18.3 Å². The summed E-state index contributed by atoms with van der Waals surface area (Å²) in [4.78, 5) is 18.7. The average Bonchev–Trinajstić information content (AvgIpc) is 3.04. The van der Waals surface area contributed by atoms with Gasteiger partial charge < -0.3 is 14.7 Å². The molecule has 1 aliphatic rings. The molecule has 118 valence electrons. The highest BCUT2D eigenvalue weighted by Crippen LogP contribution is 2.33. The first-order chi connectivity index (χ1) is 11.2. The molecule has 0 spiro atoms. The second-order valence-electron chi connectivity index (χ2n) is 5.51. The SMILES string of the molecule is O=c1cc(CN2CC(CO)Oc3ccccc32)nc2cc[nH]n12. The Bertz CT molecular complexity index is 901. The zero-order valence-corrected chi connectivity index (χ0v) is 12.3. The Morgan fingerprint density at radius 2 is 2.22 bits per heavy atom. The number of aliphatic hydroxyl groups excluding tert-OH is 1. The van der Waals surface area contributed by atoms with Gasteiger partial charge in [-0.15, -0.1) is 0 Å². The van der Waals surface area contributed by atoms with Gasteiger partial charge in [0.2, 0.25) is 0 Å². The van der Waals surface area contributed by atoms with Crippen LogP contribution in [0, 0.1) is 0 Å². The molecule has 4 rings (SSSR count). The zero-order chi connectivity index (χ0) is 15.8. The van der Waals surface area contributed by atoms with Crippen molar-refractivity contribution < 1.29 is 9.84 Å². The number of aliphatic hydroxyl groups is 1. The van der Waals surface area contributed by atoms with E-state index in [0.717, 1.165) is 11.4 Å². The number of rotatable bonds is 3. The van der Waals surface area contributed by atoms with Crippen molar-refractivity contribution in [3.8, 4) is 5.75 Å². The van der Waals surface area contributed by atoms with Crippen LogP contribution < -0.4 is 15.2 Å². The van der Waals surface area contributed by atoms with Crippen LogP contribution in [0.15, 0.2) is 47.4 Å². The van der Waals surface area contributed by atoms with Crippen molar-refractivity contribution >= 4 is 11.3 Å². The minimum absolute atomic E-state index is 0.0578. The summed E-state index contributed by atoms with van der Waals surface area (Å²) in [6.45, 7) is 0.966. The summed E-state index contributed by atoms with van der Waals surface area (Å²) in [7, 11) is 0. The fourth-order valence-corrected chi connectivity index (χ4v) is 2.88. The third-order valence-electron chi connectivity index (χ3n) is 3.91. The lowest BCUT2D eigenvalue weighted by Gasteiger charge is -2.35. The summed E-state index contributed by atoms with van der Waals surface area (Å²) in [5.41, 5.74) is 2.07. The number of H-pyrrole nitrogens is 1. The maximum Gasteiger partial charge on any atom is 0.272 e. The molecule has 7 heteroatoms. The summed E-state index contributed by atoms with van der Waals surface area (Å²) < 4.78 is 7.14. The number of nitrogens with zero attached hydrogens (tertiary/aromatic N) is 3. The maximum atomic E-state index is 12.1. The Kier molecular flexibility index (Phi) is 3.27. The number of benzene rings is 1. The van der Waals surface area contributed by atoms with E-state index in [0.29, 0.717) is 24.4 Å². The van der Waals surface area contributed by atoms with Crippen LogP contribution in [0.2, 0.25) is 0 Å². The van der Waals surface area contributed by atoms with E-state index in [9.17, 15) is 9.90 Å². The molecule has 3 aromatic rings. The van der Waals surface area contributed by atoms with E-state index in [1.807, 2.05) is 24.3 Å². The van der Waals surface area contributed by atoms with Gasteiger partial charge in [-0.2, -0.15) is 0 Å². The highest BCUT2D eigenvalue weighted by Gasteiger charge is 2.25. The molecule has 1 aromatic carbocycles. The Hall–Kier alpha value is -2.80. The van der Waals surface area contributed by atoms with Crippen molar-refractivity contribution in [2.75, 3.05) is 18.1 Å². The van der Waals surface area contributed by atoms with Crippen LogP contribution in [0.5, 0.6) is 5.75 Å². The van der Waals surface area contributed by atoms with Gasteiger partial charge in [0.15, 0.2) is 5.65 Å². The summed E-state index contributed by atoms with van der Waals surface area (Å²) in [5.74, 6) is 0.734. The standard InChI is InChI=1S/C16H16N4O3/c21-10-12-9-19(13-3-1-2-4-14(13)23-12)8-11-7-16(22)20-15(18-11)5-6-17-20/h1-7,12,17,21H,8-10H2. The second-order valence-corrected chi connectivity index (χ2v) is 5.51. The molecule has 1 atom stereocenters. The van der Waals surface area contributed by atoms with Crippen LogP contribution in [0.3, 0.4) is 0 Å². The summed E-state index contributed by atoms with van der Waals surface area (Å²) in [5, 5.41) is 12.3. The van der Waals surface area contributed by atoms with Crippen molar-refractivity contribution in [2.45, 2.75) is 12.6 Å². The van der Waals surface area contributed by atoms with Gasteiger partial charge >= 0.3 is 0 Å². The number of aromatic amines is 1. The lowest BCUT2D eigenvalue weighted by atomic mass is 10.2. The molecule has 0 amide bonds. The monoisotopic (exact) mass is 312 g/mol. The largest absolute Gasteiger partial charge is 0.484 e. The molecule has 0 saturated carbocycles. The number of ether oxygens (including phenoxy) is 1. The minimum atomic E-state index is -0.290. The molecule has 0 fully saturated rings. The summed E-state index contributed by atoms with van der Waals surface area (Å²) in [6, 6.07) is 11.0. The Morgan fingerprint density at radius 1 is 1.35 bits per heavy atom. The van der Waals surface area contributed by atoms with Gasteiger partial charge in [0.25, 0.3) is 5.56 Å². The molecule has 7 nitrogen and oxygen atoms in total. The molecular formula is C16H16N4O3. The van der Waals surface area contributed by atoms with Crippen LogP contribution in [0.4, 0.5) is 5.69 Å². The normalized spacial score (nSPS) is 17.1. The fourth-order valence-electron chi connectivity index (χ4n) is 2.88. The number of hydrogen-bond acceptors (Lipinski definition) is 5. The van der Waals surface area contributed by atoms with E-state index >= 15 is 0 Å². The molecular weight excluding hydrogens is 296 g/mol. The Labute approximate surface area is 131 Å². The van der Waals surface area contributed by atoms with E-state index in [2.05, 4.69) is 15.0 Å². The number of nitrogens with one attached hydrogen (secondary N) is 1. The summed E-state index contributed by atoms with van der Waals surface area (Å²) in [6.07, 6.45) is 1.39. The van der Waals surface area contributed by atoms with Crippen LogP contribution in [-0.2, 0) is 6.54 Å². The summed E-state index contributed by atoms with van der Waals surface area (Å²) >= 11 is 0. The molecule has 0 bridgehead atoms. The Balaban J connectivity index is 1.70. The highest BCUT2D eigenvalue weighted by molar-refractivity contribution is 5.60. The van der Waals surface area contributed by atoms with Crippen LogP contribution in [0.1, 0.15) is 5.69 Å². The highest BCUT2D eigenvalue weighted by atomic mass is 16.5. The van der Waals surface area contributed by atoms with Gasteiger partial charge in [-0.25, -0.2) is 9.50 Å². The van der Waals surface area contributed by atoms with E-state index in [1.54, 1.807) is 12.3 Å². The molecule has 23 heavy (non-hydrogen) atoms. The molecule has 1 unspecified atom stereocenters. The molecule has 2 N–H and O–H groups in total. The van der Waals surface area contributed by atoms with Crippen molar-refractivity contribution in [1.82, 2.24) is 14.6 Å². The first-order valence-corrected chi connectivity index (χ1v) is 7.42. The number of aromatic nitrogens is 3. The van der Waals surface area contributed by atoms with E-state index in [-0.39, 0.29) is 18.3 Å². The third kappa shape index (κ3) is 2.44. The van der Waals surface area contributed by atoms with Crippen LogP contribution >= 0.6 is 0 Å². The minimum Gasteiger partial charge on any atom is -0.484 e. The van der Waals surface area contributed by atoms with E-state index in [4.69, 9.17) is 4.74 Å².